The Hall–Kier alpha value is -2.34. The number of hydrogen-bond donors (Lipinski definition) is 1. The Balaban J connectivity index is 2.07. The molecule has 0 saturated heterocycles. The Morgan fingerprint density at radius 2 is 1.83 bits per heavy atom. The summed E-state index contributed by atoms with van der Waals surface area (Å²) in [6, 6.07) is 11.3. The van der Waals surface area contributed by atoms with Crippen molar-refractivity contribution in [3.8, 4) is 0 Å². The van der Waals surface area contributed by atoms with Gasteiger partial charge in [0.15, 0.2) is 0 Å². The van der Waals surface area contributed by atoms with Crippen LogP contribution in [-0.2, 0) is 17.5 Å². The van der Waals surface area contributed by atoms with Gasteiger partial charge in [-0.05, 0) is 42.3 Å². The van der Waals surface area contributed by atoms with Gasteiger partial charge < -0.3 is 10.1 Å². The van der Waals surface area contributed by atoms with Crippen molar-refractivity contribution in [3.63, 3.8) is 0 Å². The van der Waals surface area contributed by atoms with E-state index in [1.54, 1.807) is 32.2 Å². The summed E-state index contributed by atoms with van der Waals surface area (Å²) in [7, 11) is 1.57. The zero-order valence-corrected chi connectivity index (χ0v) is 13.4. The van der Waals surface area contributed by atoms with Gasteiger partial charge in [0.05, 0.1) is 18.2 Å². The number of hydrogen-bond acceptors (Lipinski definition) is 2. The summed E-state index contributed by atoms with van der Waals surface area (Å²) < 4.78 is 42.7. The Morgan fingerprint density at radius 3 is 2.42 bits per heavy atom. The molecular formula is C18H18F3NO2. The van der Waals surface area contributed by atoms with E-state index in [4.69, 9.17) is 4.74 Å². The summed E-state index contributed by atoms with van der Waals surface area (Å²) in [5.41, 5.74) is 1.23. The molecule has 1 amide bonds. The second-order valence-corrected chi connectivity index (χ2v) is 5.45. The molecule has 2 rings (SSSR count). The number of rotatable bonds is 5. The number of carbonyl (C=O) groups is 1. The first kappa shape index (κ1) is 18.0. The molecule has 128 valence electrons. The third-order valence-electron chi connectivity index (χ3n) is 3.59. The number of benzene rings is 2. The molecule has 24 heavy (non-hydrogen) atoms. The third-order valence-corrected chi connectivity index (χ3v) is 3.59. The molecule has 0 bridgehead atoms. The second kappa shape index (κ2) is 7.49. The average molecular weight is 337 g/mol. The number of nitrogens with one attached hydrogen (secondary N) is 1. The highest BCUT2D eigenvalue weighted by Gasteiger charge is 2.30. The Bertz CT molecular complexity index is 696. The average Bonchev–Trinajstić information content (AvgIpc) is 2.54. The van der Waals surface area contributed by atoms with Crippen molar-refractivity contribution >= 4 is 5.91 Å². The van der Waals surface area contributed by atoms with Crippen LogP contribution in [0.4, 0.5) is 13.2 Å². The van der Waals surface area contributed by atoms with Gasteiger partial charge in [0.1, 0.15) is 0 Å². The van der Waals surface area contributed by atoms with Gasteiger partial charge in [-0.15, -0.1) is 0 Å². The molecule has 2 aromatic rings. The van der Waals surface area contributed by atoms with Crippen molar-refractivity contribution in [2.75, 3.05) is 7.11 Å². The lowest BCUT2D eigenvalue weighted by Gasteiger charge is -2.16. The summed E-state index contributed by atoms with van der Waals surface area (Å²) in [5, 5.41) is 2.78. The zero-order chi connectivity index (χ0) is 17.7. The zero-order valence-electron chi connectivity index (χ0n) is 13.4. The maximum Gasteiger partial charge on any atom is 0.416 e. The molecule has 0 saturated carbocycles. The summed E-state index contributed by atoms with van der Waals surface area (Å²) in [6.07, 6.45) is -4.37. The van der Waals surface area contributed by atoms with Crippen molar-refractivity contribution in [2.45, 2.75) is 25.7 Å². The van der Waals surface area contributed by atoms with Crippen LogP contribution in [0, 0.1) is 0 Å². The monoisotopic (exact) mass is 337 g/mol. The number of carbonyl (C=O) groups excluding carboxylic acids is 1. The number of amides is 1. The Morgan fingerprint density at radius 1 is 1.17 bits per heavy atom. The van der Waals surface area contributed by atoms with E-state index < -0.39 is 17.8 Å². The first-order valence-electron chi connectivity index (χ1n) is 7.37. The number of alkyl halides is 3. The van der Waals surface area contributed by atoms with Crippen LogP contribution in [0.25, 0.3) is 0 Å². The van der Waals surface area contributed by atoms with Gasteiger partial charge >= 0.3 is 6.18 Å². The minimum absolute atomic E-state index is 0.291. The highest BCUT2D eigenvalue weighted by Crippen LogP contribution is 2.29. The minimum Gasteiger partial charge on any atom is -0.380 e. The summed E-state index contributed by atoms with van der Waals surface area (Å²) >= 11 is 0. The molecule has 6 heteroatoms. The van der Waals surface area contributed by atoms with Gasteiger partial charge in [-0.2, -0.15) is 13.2 Å². The van der Waals surface area contributed by atoms with Gasteiger partial charge in [0.2, 0.25) is 0 Å². The lowest BCUT2D eigenvalue weighted by molar-refractivity contribution is -0.137. The van der Waals surface area contributed by atoms with E-state index in [0.29, 0.717) is 17.7 Å². The molecular weight excluding hydrogens is 319 g/mol. The first-order chi connectivity index (χ1) is 11.3. The van der Waals surface area contributed by atoms with Crippen molar-refractivity contribution < 1.29 is 22.7 Å². The molecule has 0 fully saturated rings. The minimum atomic E-state index is -4.37. The van der Waals surface area contributed by atoms with Crippen LogP contribution in [0.5, 0.6) is 0 Å². The highest BCUT2D eigenvalue weighted by molar-refractivity contribution is 5.94. The molecule has 1 N–H and O–H groups in total. The maximum absolute atomic E-state index is 12.6. The van der Waals surface area contributed by atoms with E-state index in [1.165, 1.54) is 12.1 Å². The second-order valence-electron chi connectivity index (χ2n) is 5.45. The third kappa shape index (κ3) is 4.58. The van der Waals surface area contributed by atoms with Crippen LogP contribution in [0.3, 0.4) is 0 Å². The summed E-state index contributed by atoms with van der Waals surface area (Å²) in [4.78, 5) is 12.3. The molecule has 1 unspecified atom stereocenters. The van der Waals surface area contributed by atoms with Crippen molar-refractivity contribution in [1.29, 1.82) is 0 Å². The Labute approximate surface area is 138 Å². The summed E-state index contributed by atoms with van der Waals surface area (Å²) in [6.45, 7) is 2.12. The molecule has 0 aliphatic heterocycles. The van der Waals surface area contributed by atoms with Gasteiger partial charge in [-0.1, -0.05) is 24.3 Å². The maximum atomic E-state index is 12.6. The predicted molar refractivity (Wildman–Crippen MR) is 84.5 cm³/mol. The molecule has 0 aliphatic carbocycles. The van der Waals surface area contributed by atoms with Crippen LogP contribution in [0.15, 0.2) is 48.5 Å². The standard InChI is InChI=1S/C18H18F3NO2/c1-12(14-6-8-16(9-7-14)18(19,20)21)22-17(23)15-5-3-4-13(10-15)11-24-2/h3-10,12H,11H2,1-2H3,(H,22,23). The molecule has 2 aromatic carbocycles. The smallest absolute Gasteiger partial charge is 0.380 e. The molecule has 1 atom stereocenters. The number of methoxy groups -OCH3 is 1. The van der Waals surface area contributed by atoms with E-state index in [0.717, 1.165) is 17.7 Å². The quantitative estimate of drug-likeness (QED) is 0.881. The number of ether oxygens (including phenoxy) is 1. The van der Waals surface area contributed by atoms with Crippen LogP contribution in [0.1, 0.15) is 40.0 Å². The predicted octanol–water partition coefficient (Wildman–Crippen LogP) is 4.34. The highest BCUT2D eigenvalue weighted by atomic mass is 19.4. The van der Waals surface area contributed by atoms with Crippen molar-refractivity contribution in [1.82, 2.24) is 5.32 Å². The molecule has 0 heterocycles. The fourth-order valence-electron chi connectivity index (χ4n) is 2.29. The SMILES string of the molecule is COCc1cccc(C(=O)NC(C)c2ccc(C(F)(F)F)cc2)c1. The molecule has 0 aliphatic rings. The largest absolute Gasteiger partial charge is 0.416 e. The lowest BCUT2D eigenvalue weighted by Crippen LogP contribution is -2.26. The molecule has 3 nitrogen and oxygen atoms in total. The van der Waals surface area contributed by atoms with E-state index in [-0.39, 0.29) is 5.91 Å². The van der Waals surface area contributed by atoms with Gasteiger partial charge in [0.25, 0.3) is 5.91 Å². The van der Waals surface area contributed by atoms with Crippen molar-refractivity contribution in [3.05, 3.63) is 70.8 Å². The van der Waals surface area contributed by atoms with Gasteiger partial charge in [-0.3, -0.25) is 4.79 Å². The fourth-order valence-corrected chi connectivity index (χ4v) is 2.29. The first-order valence-corrected chi connectivity index (χ1v) is 7.37. The summed E-state index contributed by atoms with van der Waals surface area (Å²) in [5.74, 6) is -0.291. The van der Waals surface area contributed by atoms with Crippen LogP contribution < -0.4 is 5.32 Å². The van der Waals surface area contributed by atoms with Gasteiger partial charge in [0, 0.05) is 12.7 Å². The molecule has 0 aromatic heterocycles. The van der Waals surface area contributed by atoms with Crippen LogP contribution in [0.2, 0.25) is 0 Å². The van der Waals surface area contributed by atoms with E-state index in [9.17, 15) is 18.0 Å². The Kier molecular flexibility index (Phi) is 5.62. The fraction of sp³-hybridized carbons (Fsp3) is 0.278. The molecule has 0 radical (unpaired) electrons. The van der Waals surface area contributed by atoms with Crippen LogP contribution >= 0.6 is 0 Å². The van der Waals surface area contributed by atoms with E-state index >= 15 is 0 Å². The van der Waals surface area contributed by atoms with Gasteiger partial charge in [-0.25, -0.2) is 0 Å². The number of halogens is 3. The normalized spacial score (nSPS) is 12.7. The van der Waals surface area contributed by atoms with E-state index in [1.807, 2.05) is 6.07 Å². The van der Waals surface area contributed by atoms with E-state index in [2.05, 4.69) is 5.32 Å². The topological polar surface area (TPSA) is 38.3 Å². The van der Waals surface area contributed by atoms with Crippen molar-refractivity contribution in [2.24, 2.45) is 0 Å². The van der Waals surface area contributed by atoms with Crippen LogP contribution in [-0.4, -0.2) is 13.0 Å². The molecule has 0 spiro atoms. The lowest BCUT2D eigenvalue weighted by atomic mass is 10.0.